The Morgan fingerprint density at radius 2 is 2.10 bits per heavy atom. The van der Waals surface area contributed by atoms with E-state index in [-0.39, 0.29) is 0 Å². The number of nitrogens with zero attached hydrogens (tertiary/aromatic N) is 2. The molecule has 2 N–H and O–H groups in total. The molecule has 1 aliphatic rings. The van der Waals surface area contributed by atoms with E-state index in [1.54, 1.807) is 11.3 Å². The molecule has 0 saturated heterocycles. The van der Waals surface area contributed by atoms with Gasteiger partial charge in [-0.1, -0.05) is 24.3 Å². The molecule has 0 atom stereocenters. The van der Waals surface area contributed by atoms with E-state index in [0.717, 1.165) is 11.7 Å². The van der Waals surface area contributed by atoms with E-state index in [4.69, 9.17) is 10.7 Å². The van der Waals surface area contributed by atoms with E-state index in [1.165, 1.54) is 34.5 Å². The minimum Gasteiger partial charge on any atom is -0.347 e. The minimum absolute atomic E-state index is 0.613. The zero-order chi connectivity index (χ0) is 14.1. The van der Waals surface area contributed by atoms with Gasteiger partial charge in [0.1, 0.15) is 0 Å². The fraction of sp³-hybridized carbons (Fsp3) is 0.438. The van der Waals surface area contributed by atoms with E-state index in [1.807, 2.05) is 0 Å². The van der Waals surface area contributed by atoms with Gasteiger partial charge in [-0.15, -0.1) is 11.3 Å². The SMILES string of the molecule is Cc1ccccc1CN(C)c1nc(C2CC2)c(CN)s1. The van der Waals surface area contributed by atoms with Crippen LogP contribution in [-0.2, 0) is 13.1 Å². The Labute approximate surface area is 124 Å². The van der Waals surface area contributed by atoms with Crippen LogP contribution in [0.1, 0.15) is 40.5 Å². The van der Waals surface area contributed by atoms with Gasteiger partial charge in [0.25, 0.3) is 0 Å². The molecule has 3 nitrogen and oxygen atoms in total. The molecule has 0 unspecified atom stereocenters. The standard InChI is InChI=1S/C16H21N3S/c1-11-5-3-4-6-13(11)10-19(2)16-18-15(12-7-8-12)14(9-17)20-16/h3-6,12H,7-10,17H2,1-2H3. The van der Waals surface area contributed by atoms with Crippen LogP contribution < -0.4 is 10.6 Å². The maximum Gasteiger partial charge on any atom is 0.185 e. The normalized spacial score (nSPS) is 14.6. The minimum atomic E-state index is 0.613. The number of hydrogen-bond donors (Lipinski definition) is 1. The molecule has 0 bridgehead atoms. The van der Waals surface area contributed by atoms with Crippen LogP contribution in [0.2, 0.25) is 0 Å². The predicted molar refractivity (Wildman–Crippen MR) is 85.3 cm³/mol. The number of rotatable bonds is 5. The molecule has 0 aliphatic heterocycles. The highest BCUT2D eigenvalue weighted by Gasteiger charge is 2.29. The van der Waals surface area contributed by atoms with Gasteiger partial charge >= 0.3 is 0 Å². The van der Waals surface area contributed by atoms with Crippen LogP contribution in [0.15, 0.2) is 24.3 Å². The summed E-state index contributed by atoms with van der Waals surface area (Å²) in [6, 6.07) is 8.52. The van der Waals surface area contributed by atoms with E-state index < -0.39 is 0 Å². The number of hydrogen-bond acceptors (Lipinski definition) is 4. The first-order valence-electron chi connectivity index (χ1n) is 7.14. The summed E-state index contributed by atoms with van der Waals surface area (Å²) in [6.07, 6.45) is 2.55. The van der Waals surface area contributed by atoms with Crippen molar-refractivity contribution in [1.82, 2.24) is 4.98 Å². The quantitative estimate of drug-likeness (QED) is 0.916. The molecule has 0 spiro atoms. The van der Waals surface area contributed by atoms with Crippen LogP contribution in [0.3, 0.4) is 0 Å². The molecular formula is C16H21N3S. The largest absolute Gasteiger partial charge is 0.347 e. The predicted octanol–water partition coefficient (Wildman–Crippen LogP) is 3.42. The topological polar surface area (TPSA) is 42.2 Å². The van der Waals surface area contributed by atoms with Crippen LogP contribution >= 0.6 is 11.3 Å². The molecule has 1 fully saturated rings. The Kier molecular flexibility index (Phi) is 3.76. The smallest absolute Gasteiger partial charge is 0.185 e. The molecule has 106 valence electrons. The van der Waals surface area contributed by atoms with Crippen molar-refractivity contribution >= 4 is 16.5 Å². The van der Waals surface area contributed by atoms with E-state index in [2.05, 4.69) is 43.1 Å². The van der Waals surface area contributed by atoms with Gasteiger partial charge in [0.05, 0.1) is 5.69 Å². The van der Waals surface area contributed by atoms with Gasteiger partial charge in [0.2, 0.25) is 0 Å². The Hall–Kier alpha value is -1.39. The van der Waals surface area contributed by atoms with Crippen LogP contribution in [0.25, 0.3) is 0 Å². The lowest BCUT2D eigenvalue weighted by molar-refractivity contribution is 0.891. The number of benzene rings is 1. The molecule has 20 heavy (non-hydrogen) atoms. The van der Waals surface area contributed by atoms with E-state index in [0.29, 0.717) is 12.5 Å². The van der Waals surface area contributed by atoms with Crippen molar-refractivity contribution in [3.05, 3.63) is 46.0 Å². The second-order valence-electron chi connectivity index (χ2n) is 5.57. The molecule has 2 aromatic rings. The average molecular weight is 287 g/mol. The van der Waals surface area contributed by atoms with Gasteiger partial charge in [-0.25, -0.2) is 4.98 Å². The van der Waals surface area contributed by atoms with Crippen LogP contribution in [0, 0.1) is 6.92 Å². The number of thiazole rings is 1. The lowest BCUT2D eigenvalue weighted by Crippen LogP contribution is -2.16. The average Bonchev–Trinajstić information content (AvgIpc) is 3.20. The van der Waals surface area contributed by atoms with Gasteiger partial charge in [-0.05, 0) is 30.9 Å². The third-order valence-corrected chi connectivity index (χ3v) is 5.07. The molecular weight excluding hydrogens is 266 g/mol. The molecule has 4 heteroatoms. The number of aryl methyl sites for hydroxylation is 1. The molecule has 1 aliphatic carbocycles. The Morgan fingerprint density at radius 3 is 2.75 bits per heavy atom. The van der Waals surface area contributed by atoms with Gasteiger partial charge in [0, 0.05) is 30.9 Å². The summed E-state index contributed by atoms with van der Waals surface area (Å²) in [5.41, 5.74) is 9.80. The fourth-order valence-electron chi connectivity index (χ4n) is 2.45. The molecule has 3 rings (SSSR count). The van der Waals surface area contributed by atoms with E-state index >= 15 is 0 Å². The zero-order valence-corrected chi connectivity index (χ0v) is 12.9. The second-order valence-corrected chi connectivity index (χ2v) is 6.63. The molecule has 1 heterocycles. The molecule has 1 saturated carbocycles. The van der Waals surface area contributed by atoms with Crippen molar-refractivity contribution in [3.63, 3.8) is 0 Å². The third kappa shape index (κ3) is 2.72. The Bertz CT molecular complexity index is 602. The summed E-state index contributed by atoms with van der Waals surface area (Å²) in [4.78, 5) is 8.33. The van der Waals surface area contributed by atoms with Gasteiger partial charge in [-0.2, -0.15) is 0 Å². The molecule has 1 aromatic carbocycles. The lowest BCUT2D eigenvalue weighted by atomic mass is 10.1. The van der Waals surface area contributed by atoms with Gasteiger partial charge in [0.15, 0.2) is 5.13 Å². The second kappa shape index (κ2) is 5.54. The first-order valence-corrected chi connectivity index (χ1v) is 7.96. The van der Waals surface area contributed by atoms with Crippen molar-refractivity contribution in [2.45, 2.75) is 38.8 Å². The summed E-state index contributed by atoms with van der Waals surface area (Å²) < 4.78 is 0. The molecule has 0 radical (unpaired) electrons. The Balaban J connectivity index is 1.80. The first kappa shape index (κ1) is 13.6. The van der Waals surface area contributed by atoms with Crippen molar-refractivity contribution in [2.75, 3.05) is 11.9 Å². The Morgan fingerprint density at radius 1 is 1.35 bits per heavy atom. The third-order valence-electron chi connectivity index (χ3n) is 3.86. The summed E-state index contributed by atoms with van der Waals surface area (Å²) >= 11 is 1.75. The highest BCUT2D eigenvalue weighted by Crippen LogP contribution is 2.44. The molecule has 1 aromatic heterocycles. The summed E-state index contributed by atoms with van der Waals surface area (Å²) in [6.45, 7) is 3.67. The highest BCUT2D eigenvalue weighted by atomic mass is 32.1. The summed E-state index contributed by atoms with van der Waals surface area (Å²) in [7, 11) is 2.11. The highest BCUT2D eigenvalue weighted by molar-refractivity contribution is 7.15. The zero-order valence-electron chi connectivity index (χ0n) is 12.1. The summed E-state index contributed by atoms with van der Waals surface area (Å²) in [5, 5.41) is 1.09. The van der Waals surface area contributed by atoms with Crippen LogP contribution in [-0.4, -0.2) is 12.0 Å². The van der Waals surface area contributed by atoms with E-state index in [9.17, 15) is 0 Å². The van der Waals surface area contributed by atoms with Gasteiger partial charge in [-0.3, -0.25) is 0 Å². The monoisotopic (exact) mass is 287 g/mol. The van der Waals surface area contributed by atoms with Crippen molar-refractivity contribution in [3.8, 4) is 0 Å². The lowest BCUT2D eigenvalue weighted by Gasteiger charge is -2.17. The van der Waals surface area contributed by atoms with Crippen molar-refractivity contribution < 1.29 is 0 Å². The van der Waals surface area contributed by atoms with Crippen LogP contribution in [0.4, 0.5) is 5.13 Å². The number of anilines is 1. The van der Waals surface area contributed by atoms with Crippen molar-refractivity contribution in [2.24, 2.45) is 5.73 Å². The number of aromatic nitrogens is 1. The molecule has 0 amide bonds. The fourth-order valence-corrected chi connectivity index (χ4v) is 3.43. The summed E-state index contributed by atoms with van der Waals surface area (Å²) in [5.74, 6) is 0.672. The van der Waals surface area contributed by atoms with Gasteiger partial charge < -0.3 is 10.6 Å². The van der Waals surface area contributed by atoms with Crippen molar-refractivity contribution in [1.29, 1.82) is 0 Å². The van der Waals surface area contributed by atoms with Crippen LogP contribution in [0.5, 0.6) is 0 Å². The first-order chi connectivity index (χ1) is 9.69. The maximum absolute atomic E-state index is 5.86. The number of nitrogens with two attached hydrogens (primary N) is 1. The maximum atomic E-state index is 5.86.